The molecule has 0 bridgehead atoms. The van der Waals surface area contributed by atoms with Crippen molar-refractivity contribution in [2.24, 2.45) is 5.92 Å². The summed E-state index contributed by atoms with van der Waals surface area (Å²) >= 11 is 1.83. The third kappa shape index (κ3) is 3.51. The maximum absolute atomic E-state index is 4.53. The van der Waals surface area contributed by atoms with Crippen molar-refractivity contribution < 1.29 is 0 Å². The first kappa shape index (κ1) is 15.5. The van der Waals surface area contributed by atoms with E-state index in [1.165, 1.54) is 4.88 Å². The SMILES string of the molecule is Cc1cc2n(n1)C[C@@H](CNC[C@H](c1cccs1)N(C)C)CN2. The maximum atomic E-state index is 4.53. The lowest BCUT2D eigenvalue weighted by Gasteiger charge is -2.27. The molecule has 1 aliphatic rings. The molecule has 2 aromatic rings. The predicted molar refractivity (Wildman–Crippen MR) is 92.6 cm³/mol. The first-order valence-corrected chi connectivity index (χ1v) is 8.70. The summed E-state index contributed by atoms with van der Waals surface area (Å²) in [5, 5.41) is 13.8. The van der Waals surface area contributed by atoms with E-state index < -0.39 is 0 Å². The molecule has 0 radical (unpaired) electrons. The Labute approximate surface area is 136 Å². The smallest absolute Gasteiger partial charge is 0.124 e. The van der Waals surface area contributed by atoms with Gasteiger partial charge in [0.05, 0.1) is 11.7 Å². The normalized spacial score (nSPS) is 19.0. The van der Waals surface area contributed by atoms with Gasteiger partial charge in [-0.1, -0.05) is 6.07 Å². The summed E-state index contributed by atoms with van der Waals surface area (Å²) in [5.74, 6) is 1.73. The van der Waals surface area contributed by atoms with Crippen LogP contribution < -0.4 is 10.6 Å². The van der Waals surface area contributed by atoms with Crippen LogP contribution in [-0.4, -0.2) is 48.4 Å². The number of hydrogen-bond acceptors (Lipinski definition) is 5. The van der Waals surface area contributed by atoms with Crippen molar-refractivity contribution in [2.45, 2.75) is 19.5 Å². The molecule has 0 aromatic carbocycles. The quantitative estimate of drug-likeness (QED) is 0.857. The zero-order valence-corrected chi connectivity index (χ0v) is 14.4. The van der Waals surface area contributed by atoms with Crippen LogP contribution in [0.1, 0.15) is 16.6 Å². The Hall–Kier alpha value is -1.37. The number of likely N-dealkylation sites (N-methyl/N-ethyl adjacent to an activating group) is 1. The molecule has 3 heterocycles. The summed E-state index contributed by atoms with van der Waals surface area (Å²) in [6, 6.07) is 6.91. The fourth-order valence-electron chi connectivity index (χ4n) is 2.96. The van der Waals surface area contributed by atoms with E-state index in [1.54, 1.807) is 0 Å². The van der Waals surface area contributed by atoms with Crippen LogP contribution in [0.25, 0.3) is 0 Å². The van der Waals surface area contributed by atoms with Crippen LogP contribution in [0.5, 0.6) is 0 Å². The molecule has 1 aliphatic heterocycles. The number of hydrogen-bond donors (Lipinski definition) is 2. The van der Waals surface area contributed by atoms with Gasteiger partial charge in [-0.3, -0.25) is 0 Å². The second-order valence-electron chi connectivity index (χ2n) is 6.25. The molecule has 120 valence electrons. The third-order valence-corrected chi connectivity index (χ3v) is 5.14. The summed E-state index contributed by atoms with van der Waals surface area (Å²) in [5.41, 5.74) is 1.08. The Morgan fingerprint density at radius 1 is 1.55 bits per heavy atom. The zero-order chi connectivity index (χ0) is 15.5. The lowest BCUT2D eigenvalue weighted by molar-refractivity contribution is 0.283. The van der Waals surface area contributed by atoms with E-state index in [1.807, 2.05) is 18.3 Å². The highest BCUT2D eigenvalue weighted by Gasteiger charge is 2.20. The van der Waals surface area contributed by atoms with Gasteiger partial charge in [0, 0.05) is 43.0 Å². The molecule has 0 saturated carbocycles. The highest BCUT2D eigenvalue weighted by atomic mass is 32.1. The number of rotatable bonds is 6. The number of aryl methyl sites for hydroxylation is 1. The van der Waals surface area contributed by atoms with Gasteiger partial charge in [0.25, 0.3) is 0 Å². The van der Waals surface area contributed by atoms with Gasteiger partial charge in [0.15, 0.2) is 0 Å². The number of nitrogens with one attached hydrogen (secondary N) is 2. The molecule has 2 N–H and O–H groups in total. The van der Waals surface area contributed by atoms with Crippen molar-refractivity contribution in [3.63, 3.8) is 0 Å². The highest BCUT2D eigenvalue weighted by molar-refractivity contribution is 7.10. The second kappa shape index (κ2) is 6.81. The molecule has 0 fully saturated rings. The van der Waals surface area contributed by atoms with Crippen LogP contribution in [0, 0.1) is 12.8 Å². The van der Waals surface area contributed by atoms with Gasteiger partial charge in [-0.05, 0) is 32.5 Å². The molecule has 0 aliphatic carbocycles. The van der Waals surface area contributed by atoms with Crippen molar-refractivity contribution in [3.05, 3.63) is 34.2 Å². The second-order valence-corrected chi connectivity index (χ2v) is 7.23. The average molecular weight is 319 g/mol. The van der Waals surface area contributed by atoms with E-state index in [0.29, 0.717) is 12.0 Å². The number of thiophene rings is 1. The Kier molecular flexibility index (Phi) is 4.81. The first-order chi connectivity index (χ1) is 10.6. The minimum atomic E-state index is 0.444. The summed E-state index contributed by atoms with van der Waals surface area (Å²) < 4.78 is 2.09. The fraction of sp³-hybridized carbons (Fsp3) is 0.562. The van der Waals surface area contributed by atoms with E-state index in [-0.39, 0.29) is 0 Å². The highest BCUT2D eigenvalue weighted by Crippen LogP contribution is 2.23. The molecule has 2 aromatic heterocycles. The molecule has 0 amide bonds. The predicted octanol–water partition coefficient (Wildman–Crippen LogP) is 2.19. The van der Waals surface area contributed by atoms with Gasteiger partial charge < -0.3 is 15.5 Å². The van der Waals surface area contributed by atoms with E-state index in [4.69, 9.17) is 0 Å². The van der Waals surface area contributed by atoms with Crippen molar-refractivity contribution >= 4 is 17.2 Å². The van der Waals surface area contributed by atoms with E-state index in [2.05, 4.69) is 63.0 Å². The van der Waals surface area contributed by atoms with Gasteiger partial charge in [-0.25, -0.2) is 4.68 Å². The molecule has 3 rings (SSSR count). The molecular weight excluding hydrogens is 294 g/mol. The maximum Gasteiger partial charge on any atom is 0.124 e. The minimum Gasteiger partial charge on any atom is -0.370 e. The van der Waals surface area contributed by atoms with Gasteiger partial charge in [0.1, 0.15) is 5.82 Å². The Morgan fingerprint density at radius 2 is 2.41 bits per heavy atom. The van der Waals surface area contributed by atoms with Gasteiger partial charge >= 0.3 is 0 Å². The van der Waals surface area contributed by atoms with Gasteiger partial charge in [-0.15, -0.1) is 11.3 Å². The Bertz CT molecular complexity index is 590. The van der Waals surface area contributed by atoms with E-state index in [0.717, 1.165) is 37.7 Å². The van der Waals surface area contributed by atoms with Crippen LogP contribution in [-0.2, 0) is 6.54 Å². The van der Waals surface area contributed by atoms with E-state index >= 15 is 0 Å². The number of aromatic nitrogens is 2. The fourth-order valence-corrected chi connectivity index (χ4v) is 3.89. The summed E-state index contributed by atoms with van der Waals surface area (Å²) in [6.45, 7) is 6.05. The number of anilines is 1. The Morgan fingerprint density at radius 3 is 3.14 bits per heavy atom. The van der Waals surface area contributed by atoms with Crippen LogP contribution in [0.15, 0.2) is 23.6 Å². The van der Waals surface area contributed by atoms with Crippen molar-refractivity contribution in [2.75, 3.05) is 39.0 Å². The third-order valence-electron chi connectivity index (χ3n) is 4.17. The number of nitrogens with zero attached hydrogens (tertiary/aromatic N) is 3. The topological polar surface area (TPSA) is 45.1 Å². The monoisotopic (exact) mass is 319 g/mol. The lowest BCUT2D eigenvalue weighted by Crippen LogP contribution is -2.38. The van der Waals surface area contributed by atoms with Crippen LogP contribution >= 0.6 is 11.3 Å². The first-order valence-electron chi connectivity index (χ1n) is 7.82. The van der Waals surface area contributed by atoms with Crippen molar-refractivity contribution in [1.29, 1.82) is 0 Å². The standard InChI is InChI=1S/C16H25N5S/c1-12-7-16-18-9-13(11-21(16)19-12)8-17-10-14(20(2)3)15-5-4-6-22-15/h4-7,13-14,17-18H,8-11H2,1-3H3/t13-,14+/m0/s1. The molecule has 22 heavy (non-hydrogen) atoms. The number of fused-ring (bicyclic) bond motifs is 1. The average Bonchev–Trinajstić information content (AvgIpc) is 3.10. The molecule has 2 atom stereocenters. The molecule has 5 nitrogen and oxygen atoms in total. The van der Waals surface area contributed by atoms with Crippen LogP contribution in [0.4, 0.5) is 5.82 Å². The summed E-state index contributed by atoms with van der Waals surface area (Å²) in [4.78, 5) is 3.71. The van der Waals surface area contributed by atoms with Gasteiger partial charge in [-0.2, -0.15) is 5.10 Å². The van der Waals surface area contributed by atoms with Crippen molar-refractivity contribution in [3.8, 4) is 0 Å². The minimum absolute atomic E-state index is 0.444. The summed E-state index contributed by atoms with van der Waals surface area (Å²) in [6.07, 6.45) is 0. The van der Waals surface area contributed by atoms with E-state index in [9.17, 15) is 0 Å². The van der Waals surface area contributed by atoms with Crippen LogP contribution in [0.2, 0.25) is 0 Å². The molecular formula is C16H25N5S. The summed E-state index contributed by atoms with van der Waals surface area (Å²) in [7, 11) is 4.29. The Balaban J connectivity index is 1.51. The van der Waals surface area contributed by atoms with Crippen molar-refractivity contribution in [1.82, 2.24) is 20.0 Å². The molecule has 6 heteroatoms. The largest absolute Gasteiger partial charge is 0.370 e. The molecule has 0 unspecified atom stereocenters. The molecule has 0 saturated heterocycles. The lowest BCUT2D eigenvalue weighted by atomic mass is 10.1. The molecule has 0 spiro atoms. The zero-order valence-electron chi connectivity index (χ0n) is 13.5. The van der Waals surface area contributed by atoms with Crippen LogP contribution in [0.3, 0.4) is 0 Å². The van der Waals surface area contributed by atoms with Gasteiger partial charge in [0.2, 0.25) is 0 Å².